The van der Waals surface area contributed by atoms with Crippen LogP contribution in [0.3, 0.4) is 0 Å². The van der Waals surface area contributed by atoms with Crippen molar-refractivity contribution in [2.45, 2.75) is 23.1 Å². The van der Waals surface area contributed by atoms with E-state index in [2.05, 4.69) is 4.98 Å². The van der Waals surface area contributed by atoms with Gasteiger partial charge in [-0.2, -0.15) is 4.31 Å². The zero-order valence-electron chi connectivity index (χ0n) is 15.6. The van der Waals surface area contributed by atoms with Gasteiger partial charge in [0.15, 0.2) is 10.1 Å². The molecule has 0 unspecified atom stereocenters. The number of piperazine rings is 1. The summed E-state index contributed by atoms with van der Waals surface area (Å²) in [6.45, 7) is 4.58. The van der Waals surface area contributed by atoms with Crippen LogP contribution >= 0.6 is 23.1 Å². The summed E-state index contributed by atoms with van der Waals surface area (Å²) in [4.78, 5) is 29.9. The first-order valence-corrected chi connectivity index (χ1v) is 12.0. The van der Waals surface area contributed by atoms with Gasteiger partial charge < -0.3 is 4.90 Å². The number of Topliss-reactive ketones (excluding diaryl/α,β-unsaturated/α-hetero) is 1. The Morgan fingerprint density at radius 1 is 1.14 bits per heavy atom. The highest BCUT2D eigenvalue weighted by Crippen LogP contribution is 2.23. The van der Waals surface area contributed by atoms with Gasteiger partial charge in [-0.25, -0.2) is 13.4 Å². The van der Waals surface area contributed by atoms with E-state index in [4.69, 9.17) is 0 Å². The second-order valence-corrected chi connectivity index (χ2v) is 10.4. The molecule has 1 saturated heterocycles. The fourth-order valence-electron chi connectivity index (χ4n) is 2.80. The van der Waals surface area contributed by atoms with Crippen LogP contribution in [0.2, 0.25) is 0 Å². The highest BCUT2D eigenvalue weighted by atomic mass is 32.2. The van der Waals surface area contributed by atoms with Crippen LogP contribution in [0.25, 0.3) is 0 Å². The molecule has 1 aromatic carbocycles. The topological polar surface area (TPSA) is 87.7 Å². The number of amides is 1. The maximum atomic E-state index is 12.8. The minimum Gasteiger partial charge on any atom is -0.339 e. The van der Waals surface area contributed by atoms with Crippen LogP contribution in [0, 0.1) is 6.92 Å². The molecule has 1 aliphatic heterocycles. The summed E-state index contributed by atoms with van der Waals surface area (Å²) in [5.74, 6) is 0.175. The first-order valence-electron chi connectivity index (χ1n) is 8.71. The standard InChI is InChI=1S/C18H21N3O4S3/c1-13-11-26-18(19-13)27-12-17(23)20-7-9-21(10-8-20)28(24,25)16-5-3-15(4-6-16)14(2)22/h3-6,11H,7-10,12H2,1-2H3. The highest BCUT2D eigenvalue weighted by Gasteiger charge is 2.30. The molecule has 1 amide bonds. The predicted octanol–water partition coefficient (Wildman–Crippen LogP) is 2.28. The lowest BCUT2D eigenvalue weighted by Crippen LogP contribution is -2.50. The second kappa shape index (κ2) is 8.73. The molecule has 3 rings (SSSR count). The monoisotopic (exact) mass is 439 g/mol. The molecule has 0 saturated carbocycles. The molecule has 0 spiro atoms. The normalized spacial score (nSPS) is 15.6. The summed E-state index contributed by atoms with van der Waals surface area (Å²) < 4.78 is 27.8. The van der Waals surface area contributed by atoms with E-state index in [1.807, 2.05) is 12.3 Å². The second-order valence-electron chi connectivity index (χ2n) is 6.41. The number of nitrogens with zero attached hydrogens (tertiary/aromatic N) is 3. The molecule has 1 aliphatic rings. The fraction of sp³-hybridized carbons (Fsp3) is 0.389. The minimum atomic E-state index is -3.64. The third-order valence-corrected chi connectivity index (χ3v) is 8.44. The van der Waals surface area contributed by atoms with E-state index in [0.29, 0.717) is 24.4 Å². The predicted molar refractivity (Wildman–Crippen MR) is 109 cm³/mol. The number of sulfonamides is 1. The van der Waals surface area contributed by atoms with Gasteiger partial charge in [0.2, 0.25) is 15.9 Å². The Morgan fingerprint density at radius 2 is 1.79 bits per heavy atom. The van der Waals surface area contributed by atoms with E-state index < -0.39 is 10.0 Å². The smallest absolute Gasteiger partial charge is 0.243 e. The van der Waals surface area contributed by atoms with Crippen LogP contribution < -0.4 is 0 Å². The number of carbonyl (C=O) groups is 2. The molecule has 7 nitrogen and oxygen atoms in total. The third-order valence-electron chi connectivity index (χ3n) is 4.41. The molecule has 0 N–H and O–H groups in total. The lowest BCUT2D eigenvalue weighted by atomic mass is 10.2. The zero-order valence-corrected chi connectivity index (χ0v) is 18.1. The van der Waals surface area contributed by atoms with E-state index in [1.165, 1.54) is 58.6 Å². The first-order chi connectivity index (χ1) is 13.3. The van der Waals surface area contributed by atoms with Gasteiger partial charge in [0, 0.05) is 42.8 Å². The molecule has 10 heteroatoms. The maximum absolute atomic E-state index is 12.8. The summed E-state index contributed by atoms with van der Waals surface area (Å²) >= 11 is 2.92. The number of carbonyl (C=O) groups excluding carboxylic acids is 2. The SMILES string of the molecule is CC(=O)c1ccc(S(=O)(=O)N2CCN(C(=O)CSc3nc(C)cs3)CC2)cc1. The Morgan fingerprint density at radius 3 is 2.32 bits per heavy atom. The summed E-state index contributed by atoms with van der Waals surface area (Å²) in [6, 6.07) is 5.95. The van der Waals surface area contributed by atoms with E-state index >= 15 is 0 Å². The van der Waals surface area contributed by atoms with Gasteiger partial charge in [-0.3, -0.25) is 9.59 Å². The number of aryl methyl sites for hydroxylation is 1. The average molecular weight is 440 g/mol. The van der Waals surface area contributed by atoms with E-state index in [1.54, 1.807) is 4.90 Å². The van der Waals surface area contributed by atoms with Gasteiger partial charge in [0.25, 0.3) is 0 Å². The molecular weight excluding hydrogens is 418 g/mol. The Labute approximate surface area is 172 Å². The number of hydrogen-bond donors (Lipinski definition) is 0. The Balaban J connectivity index is 1.56. The third kappa shape index (κ3) is 4.80. The van der Waals surface area contributed by atoms with Crippen molar-refractivity contribution < 1.29 is 18.0 Å². The van der Waals surface area contributed by atoms with Crippen LogP contribution in [-0.4, -0.2) is 66.2 Å². The number of ketones is 1. The molecular formula is C18H21N3O4S3. The molecule has 0 radical (unpaired) electrons. The maximum Gasteiger partial charge on any atom is 0.243 e. The minimum absolute atomic E-state index is 0.0132. The van der Waals surface area contributed by atoms with Crippen molar-refractivity contribution in [3.8, 4) is 0 Å². The van der Waals surface area contributed by atoms with Crippen molar-refractivity contribution in [2.75, 3.05) is 31.9 Å². The summed E-state index contributed by atoms with van der Waals surface area (Å²) in [5, 5.41) is 1.94. The van der Waals surface area contributed by atoms with Crippen LogP contribution in [-0.2, 0) is 14.8 Å². The molecule has 1 fully saturated rings. The molecule has 0 atom stereocenters. The number of thiazole rings is 1. The summed E-state index contributed by atoms with van der Waals surface area (Å²) in [5.41, 5.74) is 1.41. The van der Waals surface area contributed by atoms with Gasteiger partial charge in [-0.15, -0.1) is 11.3 Å². The summed E-state index contributed by atoms with van der Waals surface area (Å²) in [6.07, 6.45) is 0. The highest BCUT2D eigenvalue weighted by molar-refractivity contribution is 8.01. The molecule has 2 heterocycles. The van der Waals surface area contributed by atoms with Crippen molar-refractivity contribution in [3.05, 3.63) is 40.9 Å². The van der Waals surface area contributed by atoms with Gasteiger partial charge in [-0.05, 0) is 26.0 Å². The van der Waals surface area contributed by atoms with Crippen LogP contribution in [0.15, 0.2) is 38.9 Å². The van der Waals surface area contributed by atoms with E-state index in [-0.39, 0.29) is 29.7 Å². The molecule has 1 aromatic heterocycles. The van der Waals surface area contributed by atoms with Crippen LogP contribution in [0.1, 0.15) is 23.0 Å². The Hall–Kier alpha value is -1.75. The molecule has 28 heavy (non-hydrogen) atoms. The summed E-state index contributed by atoms with van der Waals surface area (Å²) in [7, 11) is -3.64. The number of hydrogen-bond acceptors (Lipinski definition) is 7. The fourth-order valence-corrected chi connectivity index (χ4v) is 5.98. The Bertz CT molecular complexity index is 962. The van der Waals surface area contributed by atoms with Gasteiger partial charge >= 0.3 is 0 Å². The lowest BCUT2D eigenvalue weighted by Gasteiger charge is -2.34. The Kier molecular flexibility index (Phi) is 6.54. The van der Waals surface area contributed by atoms with Gasteiger partial charge in [-0.1, -0.05) is 23.9 Å². The largest absolute Gasteiger partial charge is 0.339 e. The van der Waals surface area contributed by atoms with E-state index in [9.17, 15) is 18.0 Å². The molecule has 150 valence electrons. The van der Waals surface area contributed by atoms with Gasteiger partial charge in [0.05, 0.1) is 10.6 Å². The van der Waals surface area contributed by atoms with Crippen molar-refractivity contribution in [3.63, 3.8) is 0 Å². The number of rotatable bonds is 6. The zero-order chi connectivity index (χ0) is 20.3. The van der Waals surface area contributed by atoms with Gasteiger partial charge in [0.1, 0.15) is 0 Å². The first kappa shape index (κ1) is 21.0. The molecule has 0 bridgehead atoms. The number of thioether (sulfide) groups is 1. The van der Waals surface area contributed by atoms with Crippen molar-refractivity contribution in [1.29, 1.82) is 0 Å². The van der Waals surface area contributed by atoms with Crippen molar-refractivity contribution >= 4 is 44.8 Å². The van der Waals surface area contributed by atoms with E-state index in [0.717, 1.165) is 10.0 Å². The quantitative estimate of drug-likeness (QED) is 0.507. The van der Waals surface area contributed by atoms with Crippen molar-refractivity contribution in [1.82, 2.24) is 14.2 Å². The number of aromatic nitrogens is 1. The lowest BCUT2D eigenvalue weighted by molar-refractivity contribution is -0.129. The molecule has 2 aromatic rings. The van der Waals surface area contributed by atoms with Crippen LogP contribution in [0.4, 0.5) is 0 Å². The number of benzene rings is 1. The van der Waals surface area contributed by atoms with Crippen LogP contribution in [0.5, 0.6) is 0 Å². The molecule has 0 aliphatic carbocycles. The van der Waals surface area contributed by atoms with Crippen molar-refractivity contribution in [2.24, 2.45) is 0 Å². The average Bonchev–Trinajstić information content (AvgIpc) is 3.11.